The highest BCUT2D eigenvalue weighted by atomic mass is 16.5. The van der Waals surface area contributed by atoms with Gasteiger partial charge in [0.15, 0.2) is 0 Å². The van der Waals surface area contributed by atoms with Crippen molar-refractivity contribution in [1.29, 1.82) is 0 Å². The number of rotatable bonds is 6. The molecule has 0 amide bonds. The Hall–Kier alpha value is -1.06. The second-order valence-corrected chi connectivity index (χ2v) is 6.51. The molecule has 0 bridgehead atoms. The first-order valence-corrected chi connectivity index (χ1v) is 8.17. The number of nitrogens with zero attached hydrogens (tertiary/aromatic N) is 1. The predicted octanol–water partition coefficient (Wildman–Crippen LogP) is 3.77. The van der Waals surface area contributed by atoms with Gasteiger partial charge >= 0.3 is 0 Å². The van der Waals surface area contributed by atoms with Gasteiger partial charge in [-0.15, -0.1) is 0 Å². The van der Waals surface area contributed by atoms with E-state index in [1.807, 2.05) is 38.1 Å². The first kappa shape index (κ1) is 16.3. The van der Waals surface area contributed by atoms with Crippen molar-refractivity contribution in [2.24, 2.45) is 0 Å². The first-order chi connectivity index (χ1) is 9.99. The molecule has 1 aliphatic rings. The summed E-state index contributed by atoms with van der Waals surface area (Å²) in [4.78, 5) is 2.43. The van der Waals surface area contributed by atoms with E-state index in [9.17, 15) is 5.11 Å². The molecule has 21 heavy (non-hydrogen) atoms. The SMILES string of the molecule is CCC(C)(C(O)c1ccccc1OC(C)C)N1CCCC1. The third-order valence-electron chi connectivity index (χ3n) is 4.71. The van der Waals surface area contributed by atoms with Crippen LogP contribution in [0.4, 0.5) is 0 Å². The van der Waals surface area contributed by atoms with Gasteiger partial charge in [0.05, 0.1) is 6.10 Å². The van der Waals surface area contributed by atoms with Gasteiger partial charge in [0.1, 0.15) is 11.9 Å². The molecule has 2 unspecified atom stereocenters. The van der Waals surface area contributed by atoms with E-state index in [2.05, 4.69) is 18.7 Å². The van der Waals surface area contributed by atoms with Gasteiger partial charge in [-0.2, -0.15) is 0 Å². The van der Waals surface area contributed by atoms with Gasteiger partial charge in [0.2, 0.25) is 0 Å². The van der Waals surface area contributed by atoms with Crippen LogP contribution in [0.1, 0.15) is 58.6 Å². The molecule has 1 heterocycles. The van der Waals surface area contributed by atoms with Crippen molar-refractivity contribution >= 4 is 0 Å². The highest BCUT2D eigenvalue weighted by Crippen LogP contribution is 2.39. The van der Waals surface area contributed by atoms with E-state index in [1.165, 1.54) is 12.8 Å². The van der Waals surface area contributed by atoms with E-state index in [4.69, 9.17) is 4.74 Å². The van der Waals surface area contributed by atoms with Crippen LogP contribution in [-0.2, 0) is 0 Å². The zero-order valence-corrected chi connectivity index (χ0v) is 13.8. The fourth-order valence-electron chi connectivity index (χ4n) is 3.22. The van der Waals surface area contributed by atoms with Gasteiger partial charge in [-0.25, -0.2) is 0 Å². The molecule has 0 saturated carbocycles. The van der Waals surface area contributed by atoms with Gasteiger partial charge in [0.25, 0.3) is 0 Å². The van der Waals surface area contributed by atoms with E-state index < -0.39 is 6.10 Å². The Labute approximate surface area is 128 Å². The van der Waals surface area contributed by atoms with Gasteiger partial charge in [0, 0.05) is 11.1 Å². The Morgan fingerprint density at radius 1 is 1.24 bits per heavy atom. The Morgan fingerprint density at radius 3 is 2.43 bits per heavy atom. The Balaban J connectivity index is 2.30. The molecule has 1 fully saturated rings. The van der Waals surface area contributed by atoms with Crippen LogP contribution in [0.15, 0.2) is 24.3 Å². The number of ether oxygens (including phenoxy) is 1. The quantitative estimate of drug-likeness (QED) is 0.866. The highest BCUT2D eigenvalue weighted by Gasteiger charge is 2.40. The molecule has 1 N–H and O–H groups in total. The topological polar surface area (TPSA) is 32.7 Å². The Morgan fingerprint density at radius 2 is 1.86 bits per heavy atom. The number of likely N-dealkylation sites (tertiary alicyclic amines) is 1. The molecule has 0 spiro atoms. The predicted molar refractivity (Wildman–Crippen MR) is 86.7 cm³/mol. The normalized spacial score (nSPS) is 20.5. The number of aliphatic hydroxyl groups excluding tert-OH is 1. The fraction of sp³-hybridized carbons (Fsp3) is 0.667. The summed E-state index contributed by atoms with van der Waals surface area (Å²) in [6, 6.07) is 7.89. The van der Waals surface area contributed by atoms with E-state index in [0.717, 1.165) is 30.8 Å². The Bertz CT molecular complexity index is 454. The summed E-state index contributed by atoms with van der Waals surface area (Å²) in [6.07, 6.45) is 2.96. The third kappa shape index (κ3) is 3.41. The second kappa shape index (κ2) is 6.80. The van der Waals surface area contributed by atoms with Crippen LogP contribution in [0.5, 0.6) is 5.75 Å². The van der Waals surface area contributed by atoms with E-state index in [1.54, 1.807) is 0 Å². The molecule has 118 valence electrons. The average Bonchev–Trinajstić information content (AvgIpc) is 3.00. The minimum absolute atomic E-state index is 0.109. The molecule has 1 aromatic carbocycles. The maximum Gasteiger partial charge on any atom is 0.125 e. The number of hydrogen-bond donors (Lipinski definition) is 1. The smallest absolute Gasteiger partial charge is 0.125 e. The van der Waals surface area contributed by atoms with E-state index in [0.29, 0.717) is 0 Å². The lowest BCUT2D eigenvalue weighted by Crippen LogP contribution is -2.49. The van der Waals surface area contributed by atoms with Crippen molar-refractivity contribution in [3.63, 3.8) is 0 Å². The van der Waals surface area contributed by atoms with Crippen LogP contribution < -0.4 is 4.74 Å². The van der Waals surface area contributed by atoms with E-state index >= 15 is 0 Å². The van der Waals surface area contributed by atoms with Crippen LogP contribution in [0, 0.1) is 0 Å². The third-order valence-corrected chi connectivity index (χ3v) is 4.71. The minimum Gasteiger partial charge on any atom is -0.491 e. The molecule has 1 saturated heterocycles. The molecule has 0 radical (unpaired) electrons. The number of aliphatic hydroxyl groups is 1. The van der Waals surface area contributed by atoms with Crippen LogP contribution >= 0.6 is 0 Å². The molecule has 1 aliphatic heterocycles. The minimum atomic E-state index is -0.532. The molecule has 2 atom stereocenters. The summed E-state index contributed by atoms with van der Waals surface area (Å²) < 4.78 is 5.89. The van der Waals surface area contributed by atoms with Crippen molar-refractivity contribution in [3.05, 3.63) is 29.8 Å². The maximum atomic E-state index is 11.1. The fourth-order valence-corrected chi connectivity index (χ4v) is 3.22. The molecule has 0 aromatic heterocycles. The number of benzene rings is 1. The standard InChI is InChI=1S/C18H29NO2/c1-5-18(4,19-12-8-9-13-19)17(20)15-10-6-7-11-16(15)21-14(2)3/h6-7,10-11,14,17,20H,5,8-9,12-13H2,1-4H3. The van der Waals surface area contributed by atoms with Gasteiger partial charge in [-0.1, -0.05) is 25.1 Å². The van der Waals surface area contributed by atoms with Crippen LogP contribution in [-0.4, -0.2) is 34.7 Å². The average molecular weight is 291 g/mol. The molecule has 1 aromatic rings. The molecule has 2 rings (SSSR count). The van der Waals surface area contributed by atoms with Crippen molar-refractivity contribution in [3.8, 4) is 5.75 Å². The highest BCUT2D eigenvalue weighted by molar-refractivity contribution is 5.37. The number of hydrogen-bond acceptors (Lipinski definition) is 3. The largest absolute Gasteiger partial charge is 0.491 e. The van der Waals surface area contributed by atoms with E-state index in [-0.39, 0.29) is 11.6 Å². The first-order valence-electron chi connectivity index (χ1n) is 8.17. The summed E-state index contributed by atoms with van der Waals surface area (Å²) in [6.45, 7) is 10.5. The van der Waals surface area contributed by atoms with Crippen molar-refractivity contribution in [2.75, 3.05) is 13.1 Å². The molecular weight excluding hydrogens is 262 g/mol. The zero-order valence-electron chi connectivity index (χ0n) is 13.8. The summed E-state index contributed by atoms with van der Waals surface area (Å²) in [7, 11) is 0. The Kier molecular flexibility index (Phi) is 5.28. The van der Waals surface area contributed by atoms with Crippen molar-refractivity contribution in [2.45, 2.75) is 64.7 Å². The lowest BCUT2D eigenvalue weighted by Gasteiger charge is -2.42. The molecule has 3 heteroatoms. The van der Waals surface area contributed by atoms with Crippen molar-refractivity contribution < 1.29 is 9.84 Å². The van der Waals surface area contributed by atoms with Crippen LogP contribution in [0.3, 0.4) is 0 Å². The second-order valence-electron chi connectivity index (χ2n) is 6.51. The van der Waals surface area contributed by atoms with Gasteiger partial charge in [-0.3, -0.25) is 4.90 Å². The van der Waals surface area contributed by atoms with Gasteiger partial charge < -0.3 is 9.84 Å². The summed E-state index contributed by atoms with van der Waals surface area (Å²) >= 11 is 0. The molecular formula is C18H29NO2. The maximum absolute atomic E-state index is 11.1. The summed E-state index contributed by atoms with van der Waals surface area (Å²) in [5.41, 5.74) is 0.676. The lowest BCUT2D eigenvalue weighted by molar-refractivity contribution is -0.0157. The van der Waals surface area contributed by atoms with Crippen LogP contribution in [0.25, 0.3) is 0 Å². The molecule has 0 aliphatic carbocycles. The molecule has 3 nitrogen and oxygen atoms in total. The van der Waals surface area contributed by atoms with Crippen molar-refractivity contribution in [1.82, 2.24) is 4.90 Å². The lowest BCUT2D eigenvalue weighted by atomic mass is 9.85. The van der Waals surface area contributed by atoms with Gasteiger partial charge in [-0.05, 0) is 59.2 Å². The summed E-state index contributed by atoms with van der Waals surface area (Å²) in [5, 5.41) is 11.1. The monoisotopic (exact) mass is 291 g/mol. The number of para-hydroxylation sites is 1. The zero-order chi connectivity index (χ0) is 15.5. The van der Waals surface area contributed by atoms with Crippen LogP contribution in [0.2, 0.25) is 0 Å². The summed E-state index contributed by atoms with van der Waals surface area (Å²) in [5.74, 6) is 0.805.